The van der Waals surface area contributed by atoms with E-state index in [9.17, 15) is 9.59 Å². The number of esters is 2. The van der Waals surface area contributed by atoms with Crippen molar-refractivity contribution in [1.82, 2.24) is 5.32 Å². The summed E-state index contributed by atoms with van der Waals surface area (Å²) < 4.78 is 9.95. The maximum Gasteiger partial charge on any atom is 0.320 e. The Kier molecular flexibility index (Phi) is 7.09. The summed E-state index contributed by atoms with van der Waals surface area (Å²) in [5.41, 5.74) is 2.36. The summed E-state index contributed by atoms with van der Waals surface area (Å²) in [5.74, 6) is -0.591. The number of rotatable bonds is 6. The zero-order chi connectivity index (χ0) is 17.6. The first-order valence-electron chi connectivity index (χ1n) is 7.43. The van der Waals surface area contributed by atoms with Crippen LogP contribution in [-0.2, 0) is 32.0 Å². The quantitative estimate of drug-likeness (QED) is 0.616. The molecular weight excluding hydrogens is 314 g/mol. The van der Waals surface area contributed by atoms with E-state index in [0.29, 0.717) is 6.54 Å². The van der Waals surface area contributed by atoms with Crippen LogP contribution < -0.4 is 5.32 Å². The SMILES string of the molecule is COC(=O)Cc1cc(S)cc(CNCC(=O)OC(C)(C)C)c1C. The second-order valence-electron chi connectivity index (χ2n) is 6.33. The molecule has 1 rings (SSSR count). The van der Waals surface area contributed by atoms with E-state index in [0.717, 1.165) is 21.6 Å². The molecule has 0 aliphatic carbocycles. The Morgan fingerprint density at radius 1 is 1.17 bits per heavy atom. The van der Waals surface area contributed by atoms with Crippen molar-refractivity contribution >= 4 is 24.6 Å². The Hall–Kier alpha value is -1.53. The molecule has 0 aliphatic heterocycles. The Bertz CT molecular complexity index is 579. The number of thiol groups is 1. The van der Waals surface area contributed by atoms with Crippen molar-refractivity contribution in [3.8, 4) is 0 Å². The summed E-state index contributed by atoms with van der Waals surface area (Å²) in [6, 6.07) is 3.77. The molecule has 0 spiro atoms. The lowest BCUT2D eigenvalue weighted by Crippen LogP contribution is -2.31. The number of carbonyl (C=O) groups is 2. The van der Waals surface area contributed by atoms with Crippen LogP contribution in [0.2, 0.25) is 0 Å². The first-order chi connectivity index (χ1) is 10.6. The van der Waals surface area contributed by atoms with Gasteiger partial charge < -0.3 is 14.8 Å². The van der Waals surface area contributed by atoms with Gasteiger partial charge in [0, 0.05) is 11.4 Å². The third kappa shape index (κ3) is 7.05. The fraction of sp³-hybridized carbons (Fsp3) is 0.529. The minimum atomic E-state index is -0.493. The summed E-state index contributed by atoms with van der Waals surface area (Å²) in [6.07, 6.45) is 0.204. The highest BCUT2D eigenvalue weighted by atomic mass is 32.1. The molecule has 0 unspecified atom stereocenters. The minimum Gasteiger partial charge on any atom is -0.469 e. The van der Waals surface area contributed by atoms with Gasteiger partial charge in [0.1, 0.15) is 5.60 Å². The zero-order valence-electron chi connectivity index (χ0n) is 14.4. The lowest BCUT2D eigenvalue weighted by atomic mass is 10.00. The van der Waals surface area contributed by atoms with Crippen LogP contribution in [-0.4, -0.2) is 31.2 Å². The van der Waals surface area contributed by atoms with Crippen molar-refractivity contribution < 1.29 is 19.1 Å². The Balaban J connectivity index is 2.70. The average Bonchev–Trinajstić information content (AvgIpc) is 2.41. The second-order valence-corrected chi connectivity index (χ2v) is 6.85. The Morgan fingerprint density at radius 2 is 1.78 bits per heavy atom. The molecule has 0 bridgehead atoms. The average molecular weight is 339 g/mol. The van der Waals surface area contributed by atoms with E-state index in [1.165, 1.54) is 7.11 Å². The predicted molar refractivity (Wildman–Crippen MR) is 91.7 cm³/mol. The maximum atomic E-state index is 11.7. The number of carbonyl (C=O) groups excluding carboxylic acids is 2. The van der Waals surface area contributed by atoms with Crippen LogP contribution >= 0.6 is 12.6 Å². The standard InChI is InChI=1S/C17H25NO4S/c1-11-12(8-15(19)21-5)6-14(23)7-13(11)9-18-10-16(20)22-17(2,3)4/h6-7,18,23H,8-10H2,1-5H3. The molecule has 0 fully saturated rings. The summed E-state index contributed by atoms with van der Waals surface area (Å²) in [5, 5.41) is 3.06. The van der Waals surface area contributed by atoms with E-state index in [1.54, 1.807) is 0 Å². The lowest BCUT2D eigenvalue weighted by molar-refractivity contribution is -0.153. The fourth-order valence-electron chi connectivity index (χ4n) is 2.09. The second kappa shape index (κ2) is 8.36. The van der Waals surface area contributed by atoms with E-state index in [4.69, 9.17) is 9.47 Å². The number of benzene rings is 1. The molecule has 0 aromatic heterocycles. The third-order valence-corrected chi connectivity index (χ3v) is 3.43. The molecule has 128 valence electrons. The molecule has 0 aliphatic rings. The van der Waals surface area contributed by atoms with Gasteiger partial charge in [-0.2, -0.15) is 0 Å². The molecular formula is C17H25NO4S. The van der Waals surface area contributed by atoms with Crippen molar-refractivity contribution in [3.63, 3.8) is 0 Å². The van der Waals surface area contributed by atoms with Crippen molar-refractivity contribution in [2.45, 2.75) is 51.2 Å². The number of ether oxygens (including phenoxy) is 2. The van der Waals surface area contributed by atoms with E-state index < -0.39 is 5.60 Å². The van der Waals surface area contributed by atoms with Gasteiger partial charge in [0.15, 0.2) is 0 Å². The van der Waals surface area contributed by atoms with Gasteiger partial charge in [0.05, 0.1) is 20.1 Å². The maximum absolute atomic E-state index is 11.7. The van der Waals surface area contributed by atoms with Crippen molar-refractivity contribution in [2.75, 3.05) is 13.7 Å². The largest absolute Gasteiger partial charge is 0.469 e. The Morgan fingerprint density at radius 3 is 2.35 bits per heavy atom. The molecule has 0 saturated carbocycles. The van der Waals surface area contributed by atoms with Crippen LogP contribution in [0.3, 0.4) is 0 Å². The van der Waals surface area contributed by atoms with Crippen LogP contribution in [0.15, 0.2) is 17.0 Å². The highest BCUT2D eigenvalue weighted by molar-refractivity contribution is 7.80. The van der Waals surface area contributed by atoms with Crippen molar-refractivity contribution in [3.05, 3.63) is 28.8 Å². The first-order valence-corrected chi connectivity index (χ1v) is 7.88. The molecule has 5 nitrogen and oxygen atoms in total. The highest BCUT2D eigenvalue weighted by Gasteiger charge is 2.16. The monoisotopic (exact) mass is 339 g/mol. The van der Waals surface area contributed by atoms with Crippen LogP contribution in [0, 0.1) is 6.92 Å². The topological polar surface area (TPSA) is 64.6 Å². The lowest BCUT2D eigenvalue weighted by Gasteiger charge is -2.19. The van der Waals surface area contributed by atoms with Gasteiger partial charge in [-0.15, -0.1) is 12.6 Å². The minimum absolute atomic E-state index is 0.125. The van der Waals surface area contributed by atoms with E-state index in [2.05, 4.69) is 17.9 Å². The van der Waals surface area contributed by atoms with E-state index in [-0.39, 0.29) is 24.9 Å². The van der Waals surface area contributed by atoms with Gasteiger partial charge in [0.25, 0.3) is 0 Å². The van der Waals surface area contributed by atoms with Crippen LogP contribution in [0.25, 0.3) is 0 Å². The first kappa shape index (κ1) is 19.5. The van der Waals surface area contributed by atoms with Crippen molar-refractivity contribution in [1.29, 1.82) is 0 Å². The van der Waals surface area contributed by atoms with E-state index >= 15 is 0 Å². The van der Waals surface area contributed by atoms with Gasteiger partial charge in [0.2, 0.25) is 0 Å². The van der Waals surface area contributed by atoms with Gasteiger partial charge in [-0.3, -0.25) is 9.59 Å². The summed E-state index contributed by atoms with van der Waals surface area (Å²) >= 11 is 4.37. The van der Waals surface area contributed by atoms with Crippen LogP contribution in [0.4, 0.5) is 0 Å². The molecule has 6 heteroatoms. The molecule has 0 radical (unpaired) electrons. The number of methoxy groups -OCH3 is 1. The predicted octanol–water partition coefficient (Wildman–Crippen LogP) is 2.43. The molecule has 0 heterocycles. The molecule has 1 aromatic carbocycles. The molecule has 0 atom stereocenters. The number of hydrogen-bond donors (Lipinski definition) is 2. The zero-order valence-corrected chi connectivity index (χ0v) is 15.3. The molecule has 0 saturated heterocycles. The van der Waals surface area contributed by atoms with Gasteiger partial charge in [-0.05, 0) is 56.5 Å². The van der Waals surface area contributed by atoms with Gasteiger partial charge in [-0.1, -0.05) is 0 Å². The van der Waals surface area contributed by atoms with E-state index in [1.807, 2.05) is 39.8 Å². The van der Waals surface area contributed by atoms with Crippen molar-refractivity contribution in [2.24, 2.45) is 0 Å². The third-order valence-electron chi connectivity index (χ3n) is 3.17. The normalized spacial score (nSPS) is 11.2. The molecule has 23 heavy (non-hydrogen) atoms. The molecule has 1 N–H and O–H groups in total. The number of hydrogen-bond acceptors (Lipinski definition) is 6. The molecule has 1 aromatic rings. The summed E-state index contributed by atoms with van der Waals surface area (Å²) in [6.45, 7) is 8.05. The smallest absolute Gasteiger partial charge is 0.320 e. The number of nitrogens with one attached hydrogen (secondary N) is 1. The highest BCUT2D eigenvalue weighted by Crippen LogP contribution is 2.20. The van der Waals surface area contributed by atoms with Gasteiger partial charge in [-0.25, -0.2) is 0 Å². The fourth-order valence-corrected chi connectivity index (χ4v) is 2.40. The summed E-state index contributed by atoms with van der Waals surface area (Å²) in [7, 11) is 1.37. The summed E-state index contributed by atoms with van der Waals surface area (Å²) in [4.78, 5) is 23.9. The van der Waals surface area contributed by atoms with Crippen LogP contribution in [0.5, 0.6) is 0 Å². The Labute approximate surface area is 143 Å². The van der Waals surface area contributed by atoms with Crippen LogP contribution in [0.1, 0.15) is 37.5 Å². The molecule has 0 amide bonds. The van der Waals surface area contributed by atoms with Gasteiger partial charge >= 0.3 is 11.9 Å².